The van der Waals surface area contributed by atoms with Gasteiger partial charge in [0.2, 0.25) is 0 Å². The van der Waals surface area contributed by atoms with Crippen LogP contribution in [0.25, 0.3) is 11.0 Å². The molecule has 3 aromatic carbocycles. The van der Waals surface area contributed by atoms with Gasteiger partial charge in [0.05, 0.1) is 37.3 Å². The molecule has 0 aliphatic heterocycles. The smallest absolute Gasteiger partial charge is 0.315 e. The Balaban J connectivity index is 1.55. The number of hydrogen-bond donors (Lipinski definition) is 3. The second kappa shape index (κ2) is 10.1. The van der Waals surface area contributed by atoms with Crippen LogP contribution in [0.5, 0.6) is 11.5 Å². The van der Waals surface area contributed by atoms with E-state index in [0.717, 1.165) is 33.7 Å². The molecule has 0 saturated heterocycles. The zero-order chi connectivity index (χ0) is 23.2. The summed E-state index contributed by atoms with van der Waals surface area (Å²) in [6.07, 6.45) is 0.570. The van der Waals surface area contributed by atoms with E-state index in [1.807, 2.05) is 79.7 Å². The number of H-pyrrole nitrogens is 1. The number of carbonyl (C=O) groups is 1. The molecule has 7 nitrogen and oxygen atoms in total. The molecule has 0 fully saturated rings. The van der Waals surface area contributed by atoms with E-state index in [-0.39, 0.29) is 18.1 Å². The van der Waals surface area contributed by atoms with Crippen molar-refractivity contribution in [3.05, 3.63) is 89.7 Å². The lowest BCUT2D eigenvalue weighted by Crippen LogP contribution is -2.40. The molecule has 2 amide bonds. The van der Waals surface area contributed by atoms with Crippen LogP contribution in [0.2, 0.25) is 0 Å². The number of para-hydroxylation sites is 3. The Hall–Kier alpha value is -4.00. The lowest BCUT2D eigenvalue weighted by molar-refractivity contribution is 0.233. The fourth-order valence-corrected chi connectivity index (χ4v) is 3.85. The normalized spacial score (nSPS) is 12.7. The van der Waals surface area contributed by atoms with Gasteiger partial charge in [-0.05, 0) is 49.2 Å². The number of carbonyl (C=O) groups excluding carboxylic acids is 1. The maximum atomic E-state index is 13.0. The van der Waals surface area contributed by atoms with E-state index < -0.39 is 0 Å². The average molecular weight is 445 g/mol. The number of nitrogens with zero attached hydrogens (tertiary/aromatic N) is 1. The Morgan fingerprint density at radius 1 is 0.939 bits per heavy atom. The monoisotopic (exact) mass is 444 g/mol. The maximum absolute atomic E-state index is 13.0. The number of urea groups is 1. The molecule has 1 heterocycles. The molecule has 4 rings (SSSR count). The van der Waals surface area contributed by atoms with Crippen molar-refractivity contribution in [2.45, 2.75) is 25.4 Å². The van der Waals surface area contributed by atoms with Crippen LogP contribution in [0.15, 0.2) is 72.8 Å². The van der Waals surface area contributed by atoms with Gasteiger partial charge in [-0.25, -0.2) is 9.78 Å². The zero-order valence-electron chi connectivity index (χ0n) is 19.0. The molecule has 0 bridgehead atoms. The van der Waals surface area contributed by atoms with Gasteiger partial charge in [-0.2, -0.15) is 0 Å². The maximum Gasteiger partial charge on any atom is 0.315 e. The Labute approximate surface area is 193 Å². The lowest BCUT2D eigenvalue weighted by atomic mass is 10.1. The number of aromatic nitrogens is 2. The second-order valence-electron chi connectivity index (χ2n) is 7.83. The molecule has 0 saturated carbocycles. The van der Waals surface area contributed by atoms with Crippen molar-refractivity contribution in [2.75, 3.05) is 14.2 Å². The fraction of sp³-hybridized carbons (Fsp3) is 0.231. The first-order valence-corrected chi connectivity index (χ1v) is 10.8. The van der Waals surface area contributed by atoms with Crippen molar-refractivity contribution in [1.29, 1.82) is 0 Å². The van der Waals surface area contributed by atoms with Crippen molar-refractivity contribution in [3.63, 3.8) is 0 Å². The molecule has 7 heteroatoms. The Morgan fingerprint density at radius 2 is 1.67 bits per heavy atom. The van der Waals surface area contributed by atoms with Crippen LogP contribution in [-0.4, -0.2) is 30.2 Å². The highest BCUT2D eigenvalue weighted by molar-refractivity contribution is 5.77. The summed E-state index contributed by atoms with van der Waals surface area (Å²) in [5.41, 5.74) is 3.75. The van der Waals surface area contributed by atoms with Gasteiger partial charge >= 0.3 is 6.03 Å². The molecular formula is C26H28N4O3. The summed E-state index contributed by atoms with van der Waals surface area (Å²) in [5.74, 6) is 2.22. The summed E-state index contributed by atoms with van der Waals surface area (Å²) in [6.45, 7) is 1.93. The van der Waals surface area contributed by atoms with Crippen molar-refractivity contribution < 1.29 is 14.3 Å². The predicted molar refractivity (Wildman–Crippen MR) is 129 cm³/mol. The molecule has 0 aliphatic rings. The van der Waals surface area contributed by atoms with Crippen LogP contribution in [0.4, 0.5) is 4.79 Å². The SMILES string of the molecule is COc1ccc(C[C@@H](NC(=O)N[C@H](C)c2ccccc2OC)c2nc3ccccc3[nH]2)cc1. The molecule has 0 aliphatic carbocycles. The minimum absolute atomic E-state index is 0.238. The van der Waals surface area contributed by atoms with E-state index in [9.17, 15) is 4.79 Å². The summed E-state index contributed by atoms with van der Waals surface area (Å²) < 4.78 is 10.7. The largest absolute Gasteiger partial charge is 0.497 e. The summed E-state index contributed by atoms with van der Waals surface area (Å²) in [5, 5.41) is 6.11. The summed E-state index contributed by atoms with van der Waals surface area (Å²) >= 11 is 0. The summed E-state index contributed by atoms with van der Waals surface area (Å²) in [7, 11) is 3.26. The van der Waals surface area contributed by atoms with Gasteiger partial charge in [-0.1, -0.05) is 42.5 Å². The number of nitrogens with one attached hydrogen (secondary N) is 3. The van der Waals surface area contributed by atoms with Crippen molar-refractivity contribution >= 4 is 17.1 Å². The number of methoxy groups -OCH3 is 2. The number of ether oxygens (including phenoxy) is 2. The van der Waals surface area contributed by atoms with Crippen LogP contribution in [0.1, 0.15) is 36.0 Å². The number of fused-ring (bicyclic) bond motifs is 1. The quantitative estimate of drug-likeness (QED) is 0.360. The molecule has 0 radical (unpaired) electrons. The minimum atomic E-state index is -0.351. The van der Waals surface area contributed by atoms with E-state index in [2.05, 4.69) is 15.6 Å². The van der Waals surface area contributed by atoms with Crippen LogP contribution in [-0.2, 0) is 6.42 Å². The molecule has 2 atom stereocenters. The van der Waals surface area contributed by atoms with E-state index >= 15 is 0 Å². The fourth-order valence-electron chi connectivity index (χ4n) is 3.85. The first-order valence-electron chi connectivity index (χ1n) is 10.8. The van der Waals surface area contributed by atoms with E-state index in [4.69, 9.17) is 14.5 Å². The molecule has 0 spiro atoms. The highest BCUT2D eigenvalue weighted by atomic mass is 16.5. The molecule has 33 heavy (non-hydrogen) atoms. The highest BCUT2D eigenvalue weighted by Gasteiger charge is 2.21. The third-order valence-corrected chi connectivity index (χ3v) is 5.59. The molecule has 3 N–H and O–H groups in total. The van der Waals surface area contributed by atoms with Gasteiger partial charge < -0.3 is 25.1 Å². The second-order valence-corrected chi connectivity index (χ2v) is 7.83. The van der Waals surface area contributed by atoms with E-state index in [1.54, 1.807) is 14.2 Å². The predicted octanol–water partition coefficient (Wildman–Crippen LogP) is 4.92. The van der Waals surface area contributed by atoms with Gasteiger partial charge in [0.15, 0.2) is 0 Å². The standard InChI is InChI=1S/C26H28N4O3/c1-17(20-8-4-7-11-24(20)33-3)27-26(31)30-23(16-18-12-14-19(32-2)15-13-18)25-28-21-9-5-6-10-22(21)29-25/h4-15,17,23H,16H2,1-3H3,(H,28,29)(H2,27,30,31)/t17-,23-/m1/s1. The molecule has 1 aromatic heterocycles. The van der Waals surface area contributed by atoms with E-state index in [0.29, 0.717) is 12.2 Å². The first-order chi connectivity index (χ1) is 16.1. The Morgan fingerprint density at radius 3 is 2.39 bits per heavy atom. The van der Waals surface area contributed by atoms with Crippen LogP contribution < -0.4 is 20.1 Å². The van der Waals surface area contributed by atoms with Gasteiger partial charge in [-0.3, -0.25) is 0 Å². The summed E-state index contributed by atoms with van der Waals surface area (Å²) in [4.78, 5) is 21.1. The number of rotatable bonds is 8. The van der Waals surface area contributed by atoms with Crippen molar-refractivity contribution in [2.24, 2.45) is 0 Å². The molecule has 4 aromatic rings. The number of aromatic amines is 1. The summed E-state index contributed by atoms with van der Waals surface area (Å²) in [6, 6.07) is 22.4. The Kier molecular flexibility index (Phi) is 6.78. The van der Waals surface area contributed by atoms with Crippen LogP contribution in [0.3, 0.4) is 0 Å². The average Bonchev–Trinajstić information content (AvgIpc) is 3.28. The first kappa shape index (κ1) is 22.2. The van der Waals surface area contributed by atoms with Gasteiger partial charge in [0.1, 0.15) is 17.3 Å². The Bertz CT molecular complexity index is 1190. The molecule has 170 valence electrons. The van der Waals surface area contributed by atoms with Gasteiger partial charge in [-0.15, -0.1) is 0 Å². The molecule has 0 unspecified atom stereocenters. The third kappa shape index (κ3) is 5.26. The number of imidazole rings is 1. The van der Waals surface area contributed by atoms with Crippen molar-refractivity contribution in [1.82, 2.24) is 20.6 Å². The zero-order valence-corrected chi connectivity index (χ0v) is 19.0. The third-order valence-electron chi connectivity index (χ3n) is 5.59. The number of benzene rings is 3. The molecular weight excluding hydrogens is 416 g/mol. The lowest BCUT2D eigenvalue weighted by Gasteiger charge is -2.21. The van der Waals surface area contributed by atoms with E-state index in [1.165, 1.54) is 0 Å². The van der Waals surface area contributed by atoms with Crippen molar-refractivity contribution in [3.8, 4) is 11.5 Å². The minimum Gasteiger partial charge on any atom is -0.497 e. The van der Waals surface area contributed by atoms with Crippen LogP contribution >= 0.6 is 0 Å². The highest BCUT2D eigenvalue weighted by Crippen LogP contribution is 2.25. The van der Waals surface area contributed by atoms with Gasteiger partial charge in [0, 0.05) is 5.56 Å². The topological polar surface area (TPSA) is 88.3 Å². The van der Waals surface area contributed by atoms with Crippen LogP contribution in [0, 0.1) is 0 Å². The van der Waals surface area contributed by atoms with Gasteiger partial charge in [0.25, 0.3) is 0 Å². The number of amides is 2. The number of hydrogen-bond acceptors (Lipinski definition) is 4.